The number of hydrogen-bond donors (Lipinski definition) is 2. The molecule has 0 aromatic heterocycles. The quantitative estimate of drug-likeness (QED) is 0.113. The van der Waals surface area contributed by atoms with Crippen LogP contribution in [0.1, 0.15) is 78.1 Å². The summed E-state index contributed by atoms with van der Waals surface area (Å²) in [5.74, 6) is -0.793. The van der Waals surface area contributed by atoms with Gasteiger partial charge in [-0.25, -0.2) is 9.59 Å². The molecule has 0 bridgehead atoms. The molecule has 8 rings (SSSR count). The second-order valence-corrected chi connectivity index (χ2v) is 17.1. The molecular formula is C50H45F6N9O4. The molecule has 69 heavy (non-hydrogen) atoms. The summed E-state index contributed by atoms with van der Waals surface area (Å²) in [6, 6.07) is 22.1. The molecule has 0 saturated carbocycles. The van der Waals surface area contributed by atoms with Gasteiger partial charge in [-0.3, -0.25) is 19.4 Å². The van der Waals surface area contributed by atoms with Crippen LogP contribution < -0.4 is 20.4 Å². The van der Waals surface area contributed by atoms with Crippen LogP contribution in [0.3, 0.4) is 0 Å². The lowest BCUT2D eigenvalue weighted by Crippen LogP contribution is -2.47. The van der Waals surface area contributed by atoms with Crippen molar-refractivity contribution in [1.29, 1.82) is 10.5 Å². The van der Waals surface area contributed by atoms with E-state index in [1.54, 1.807) is 58.3 Å². The molecule has 13 nitrogen and oxygen atoms in total. The molecule has 4 aliphatic heterocycles. The Labute approximate surface area is 393 Å². The van der Waals surface area contributed by atoms with E-state index in [1.807, 2.05) is 19.1 Å². The number of hydrogen-bond acceptors (Lipinski definition) is 7. The Morgan fingerprint density at radius 2 is 0.986 bits per heavy atom. The Morgan fingerprint density at radius 1 is 0.594 bits per heavy atom. The van der Waals surface area contributed by atoms with Crippen LogP contribution in [0.4, 0.5) is 47.3 Å². The van der Waals surface area contributed by atoms with Crippen LogP contribution >= 0.6 is 0 Å². The van der Waals surface area contributed by atoms with Gasteiger partial charge in [0, 0.05) is 13.1 Å². The minimum absolute atomic E-state index is 0.0490. The lowest BCUT2D eigenvalue weighted by molar-refractivity contribution is -0.138. The molecule has 4 aromatic rings. The Morgan fingerprint density at radius 3 is 1.35 bits per heavy atom. The zero-order valence-corrected chi connectivity index (χ0v) is 37.2. The van der Waals surface area contributed by atoms with Gasteiger partial charge >= 0.3 is 24.4 Å². The first-order valence-electron chi connectivity index (χ1n) is 22.3. The fourth-order valence-corrected chi connectivity index (χ4v) is 9.23. The molecule has 6 amide bonds. The number of nitrogens with one attached hydrogen (secondary N) is 2. The first-order valence-corrected chi connectivity index (χ1v) is 22.3. The van der Waals surface area contributed by atoms with Crippen molar-refractivity contribution in [3.63, 3.8) is 0 Å². The van der Waals surface area contributed by atoms with Gasteiger partial charge in [-0.15, -0.1) is 0 Å². The molecule has 0 fully saturated rings. The summed E-state index contributed by atoms with van der Waals surface area (Å²) in [4.78, 5) is 63.7. The summed E-state index contributed by atoms with van der Waals surface area (Å²) in [6.45, 7) is 4.15. The fourth-order valence-electron chi connectivity index (χ4n) is 9.23. The van der Waals surface area contributed by atoms with Crippen LogP contribution in [0.25, 0.3) is 0 Å². The number of anilines is 2. The van der Waals surface area contributed by atoms with Crippen LogP contribution in [0.15, 0.2) is 120 Å². The molecule has 2 atom stereocenters. The van der Waals surface area contributed by atoms with E-state index in [0.29, 0.717) is 54.7 Å². The van der Waals surface area contributed by atoms with Gasteiger partial charge in [0.1, 0.15) is 0 Å². The van der Waals surface area contributed by atoms with E-state index in [-0.39, 0.29) is 60.1 Å². The number of alkyl halides is 6. The minimum atomic E-state index is -4.68. The largest absolute Gasteiger partial charge is 0.416 e. The standard InChI is InChI=1S/C50H45F6N9O4/c1-2-3-20-61(21-6-23-62-29-39-41(45(62)66)43(33-16-12-31(27-57)13-17-33)59-47(68)64(39)37-10-4-8-35(25-37)49(51,52)53)22-7-24-63-30-40-42(46(63)67)44(34-18-14-32(28-58)15-19-34)60-48(69)65(40)38-11-5-9-36(26-38)50(54,55)56/h4-5,8-19,25-26,43-44H,2-3,6-7,20-24,29-30H2,1H3,(H,59,68)(H,60,69). The zero-order chi connectivity index (χ0) is 49.2. The van der Waals surface area contributed by atoms with Gasteiger partial charge in [0.15, 0.2) is 0 Å². The Kier molecular flexibility index (Phi) is 13.5. The van der Waals surface area contributed by atoms with Crippen LogP contribution in [0, 0.1) is 22.7 Å². The van der Waals surface area contributed by atoms with Crippen LogP contribution in [0.5, 0.6) is 0 Å². The van der Waals surface area contributed by atoms with Gasteiger partial charge in [0.25, 0.3) is 11.8 Å². The maximum Gasteiger partial charge on any atom is 0.416 e. The van der Waals surface area contributed by atoms with E-state index < -0.39 is 59.4 Å². The lowest BCUT2D eigenvalue weighted by Gasteiger charge is -2.34. The van der Waals surface area contributed by atoms with E-state index in [9.17, 15) is 56.0 Å². The Balaban J connectivity index is 0.968. The lowest BCUT2D eigenvalue weighted by atomic mass is 9.94. The van der Waals surface area contributed by atoms with Crippen molar-refractivity contribution in [3.05, 3.63) is 153 Å². The number of amides is 6. The maximum absolute atomic E-state index is 14.3. The van der Waals surface area contributed by atoms with E-state index in [4.69, 9.17) is 0 Å². The molecule has 0 aliphatic carbocycles. The third-order valence-electron chi connectivity index (χ3n) is 12.6. The summed E-state index contributed by atoms with van der Waals surface area (Å²) in [5.41, 5.74) is 0.621. The average molecular weight is 950 g/mol. The van der Waals surface area contributed by atoms with Crippen molar-refractivity contribution in [3.8, 4) is 12.1 Å². The molecule has 4 aliphatic rings. The van der Waals surface area contributed by atoms with Gasteiger partial charge in [-0.05, 0) is 111 Å². The first kappa shape index (κ1) is 47.8. The normalized spacial score (nSPS) is 18.4. The fraction of sp³-hybridized carbons (Fsp3) is 0.320. The summed E-state index contributed by atoms with van der Waals surface area (Å²) in [5, 5.41) is 24.3. The smallest absolute Gasteiger partial charge is 0.333 e. The van der Waals surface area contributed by atoms with Crippen molar-refractivity contribution in [2.75, 3.05) is 55.6 Å². The third kappa shape index (κ3) is 9.86. The molecule has 2 N–H and O–H groups in total. The van der Waals surface area contributed by atoms with Crippen molar-refractivity contribution in [2.45, 2.75) is 57.0 Å². The molecule has 0 spiro atoms. The van der Waals surface area contributed by atoms with Crippen LogP contribution in [-0.2, 0) is 21.9 Å². The van der Waals surface area contributed by atoms with Gasteiger partial charge in [0.05, 0.1) is 93.5 Å². The summed E-state index contributed by atoms with van der Waals surface area (Å²) >= 11 is 0. The third-order valence-corrected chi connectivity index (χ3v) is 12.6. The summed E-state index contributed by atoms with van der Waals surface area (Å²) < 4.78 is 82.9. The number of halogens is 6. The number of urea groups is 2. The molecule has 4 heterocycles. The molecule has 0 saturated heterocycles. The topological polar surface area (TPSA) is 156 Å². The second-order valence-electron chi connectivity index (χ2n) is 17.1. The highest BCUT2D eigenvalue weighted by Gasteiger charge is 2.47. The molecular weight excluding hydrogens is 905 g/mol. The van der Waals surface area contributed by atoms with Crippen molar-refractivity contribution >= 4 is 35.3 Å². The van der Waals surface area contributed by atoms with E-state index in [0.717, 1.165) is 46.9 Å². The van der Waals surface area contributed by atoms with Gasteiger partial charge < -0.3 is 25.3 Å². The van der Waals surface area contributed by atoms with Crippen molar-refractivity contribution < 1.29 is 45.5 Å². The van der Waals surface area contributed by atoms with E-state index in [1.165, 1.54) is 24.3 Å². The highest BCUT2D eigenvalue weighted by atomic mass is 19.4. The zero-order valence-electron chi connectivity index (χ0n) is 37.2. The van der Waals surface area contributed by atoms with Crippen molar-refractivity contribution in [1.82, 2.24) is 25.3 Å². The van der Waals surface area contributed by atoms with E-state index >= 15 is 0 Å². The van der Waals surface area contributed by atoms with Crippen molar-refractivity contribution in [2.24, 2.45) is 0 Å². The minimum Gasteiger partial charge on any atom is -0.333 e. The number of benzene rings is 4. The highest BCUT2D eigenvalue weighted by molar-refractivity contribution is 6.08. The SMILES string of the molecule is CCCCN(CCCN1CC2=C(C1=O)C(c1ccc(C#N)cc1)NC(=O)N2c1cccc(C(F)(F)F)c1)CCCN1CC2=C(C1=O)C(c1ccc(C#N)cc1)NC(=O)N2c1cccc(C(F)(F)F)c1. The number of nitrogens with zero attached hydrogens (tertiary/aromatic N) is 7. The Hall–Kier alpha value is -7.64. The number of carbonyl (C=O) groups excluding carboxylic acids is 4. The average Bonchev–Trinajstić information content (AvgIpc) is 3.83. The van der Waals surface area contributed by atoms with Gasteiger partial charge in [-0.2, -0.15) is 36.9 Å². The predicted molar refractivity (Wildman–Crippen MR) is 240 cm³/mol. The number of carbonyl (C=O) groups is 4. The van der Waals surface area contributed by atoms with Gasteiger partial charge in [-0.1, -0.05) is 49.7 Å². The van der Waals surface area contributed by atoms with Crippen LogP contribution in [0.2, 0.25) is 0 Å². The molecule has 0 radical (unpaired) electrons. The summed E-state index contributed by atoms with van der Waals surface area (Å²) in [6.07, 6.45) is -6.69. The number of unbranched alkanes of at least 4 members (excludes halogenated alkanes) is 1. The second kappa shape index (κ2) is 19.5. The summed E-state index contributed by atoms with van der Waals surface area (Å²) in [7, 11) is 0. The monoisotopic (exact) mass is 949 g/mol. The maximum atomic E-state index is 14.3. The number of rotatable bonds is 15. The predicted octanol–water partition coefficient (Wildman–Crippen LogP) is 8.78. The molecule has 4 aromatic carbocycles. The molecule has 2 unspecified atom stereocenters. The molecule has 19 heteroatoms. The van der Waals surface area contributed by atoms with Crippen LogP contribution in [-0.4, -0.2) is 84.4 Å². The number of nitriles is 2. The van der Waals surface area contributed by atoms with Gasteiger partial charge in [0.2, 0.25) is 0 Å². The molecule has 356 valence electrons. The highest BCUT2D eigenvalue weighted by Crippen LogP contribution is 2.42. The first-order chi connectivity index (χ1) is 33.0. The van der Waals surface area contributed by atoms with E-state index in [2.05, 4.69) is 15.5 Å². The Bertz CT molecular complexity index is 2630.